The van der Waals surface area contributed by atoms with Gasteiger partial charge in [-0.1, -0.05) is 72.8 Å². The Balaban J connectivity index is 1.08. The summed E-state index contributed by atoms with van der Waals surface area (Å²) in [5.74, 6) is 0.0319. The molecule has 1 amide bonds. The van der Waals surface area contributed by atoms with Crippen LogP contribution in [0.5, 0.6) is 11.5 Å². The lowest BCUT2D eigenvalue weighted by molar-refractivity contribution is -0.200. The number of carbonyl (C=O) groups is 1. The molecule has 5 N–H and O–H groups in total. The first kappa shape index (κ1) is 52.2. The molecule has 22 nitrogen and oxygen atoms in total. The van der Waals surface area contributed by atoms with E-state index in [0.717, 1.165) is 27.6 Å². The summed E-state index contributed by atoms with van der Waals surface area (Å²) in [7, 11) is 3.07. The standard InChI is InChI=1S/C50H52N5O17PS/c1-49(2)70-39-36(27-56)67-45(42(39)71-49)55-26-29(43(58)53-47(55)60)25-51-48(61)69-41-40(72-73(62,63)74-35-13-9-6-10-14-35)37(68-44(41)54-24-23-38(57)52-46(54)59)28-66-50(30-11-7-5-8-12-30,31-15-19-33(64-3)20-16-31)32-17-21-34(65-4)22-18-32/h5-24,26,36-37,39-42,44-45,56H,25,27-28H2,1-4H3,(H,51,61)(H,62,63)(H,52,57,59)(H,53,58,60)/t36-,37-,39-,40-,41-,42-,44-,45-/m1/s1. The van der Waals surface area contributed by atoms with Crippen molar-refractivity contribution in [2.45, 2.75) is 85.8 Å². The largest absolute Gasteiger partial charge is 0.497 e. The third-order valence-corrected chi connectivity index (χ3v) is 15.4. The van der Waals surface area contributed by atoms with Gasteiger partial charge in [0.1, 0.15) is 47.6 Å². The number of alkyl carbamates (subject to hydrolysis) is 1. The van der Waals surface area contributed by atoms with E-state index in [-0.39, 0.29) is 5.56 Å². The second-order valence-corrected chi connectivity index (χ2v) is 21.4. The Morgan fingerprint density at radius 2 is 1.34 bits per heavy atom. The molecule has 0 bridgehead atoms. The highest BCUT2D eigenvalue weighted by Gasteiger charge is 2.56. The zero-order valence-electron chi connectivity index (χ0n) is 40.1. The van der Waals surface area contributed by atoms with E-state index in [9.17, 15) is 38.5 Å². The summed E-state index contributed by atoms with van der Waals surface area (Å²) in [5, 5.41) is 12.5. The molecule has 74 heavy (non-hydrogen) atoms. The van der Waals surface area contributed by atoms with Gasteiger partial charge < -0.3 is 53.2 Å². The molecule has 0 radical (unpaired) electrons. The molecule has 2 aromatic heterocycles. The number of aliphatic hydroxyl groups excluding tert-OH is 1. The van der Waals surface area contributed by atoms with Crippen LogP contribution in [0.3, 0.4) is 0 Å². The number of aromatic amines is 2. The number of rotatable bonds is 18. The molecule has 4 aromatic carbocycles. The summed E-state index contributed by atoms with van der Waals surface area (Å²) in [5.41, 5.74) is -3.28. The van der Waals surface area contributed by atoms with E-state index >= 15 is 0 Å². The number of ether oxygens (including phenoxy) is 8. The third-order valence-electron chi connectivity index (χ3n) is 12.6. The summed E-state index contributed by atoms with van der Waals surface area (Å²) in [4.78, 5) is 83.0. The lowest BCUT2D eigenvalue weighted by Crippen LogP contribution is -2.44. The van der Waals surface area contributed by atoms with Gasteiger partial charge in [0.15, 0.2) is 24.3 Å². The van der Waals surface area contributed by atoms with Crippen molar-refractivity contribution in [2.24, 2.45) is 0 Å². The number of amides is 1. The van der Waals surface area contributed by atoms with Gasteiger partial charge in [-0.2, -0.15) is 0 Å². The fourth-order valence-corrected chi connectivity index (χ4v) is 12.0. The van der Waals surface area contributed by atoms with E-state index < -0.39 is 116 Å². The summed E-state index contributed by atoms with van der Waals surface area (Å²) in [6.45, 7) is -3.00. The Kier molecular flexibility index (Phi) is 15.3. The van der Waals surface area contributed by atoms with E-state index in [1.807, 2.05) is 54.6 Å². The maximum Gasteiger partial charge on any atom is 0.407 e. The number of nitrogens with one attached hydrogen (secondary N) is 3. The maximum absolute atomic E-state index is 14.3. The molecule has 390 valence electrons. The first-order valence-corrected chi connectivity index (χ1v) is 26.1. The summed E-state index contributed by atoms with van der Waals surface area (Å²) in [6.07, 6.45) is -9.22. The second kappa shape index (κ2) is 21.7. The Morgan fingerprint density at radius 3 is 1.95 bits per heavy atom. The fraction of sp³-hybridized carbons (Fsp3) is 0.340. The third kappa shape index (κ3) is 10.9. The molecule has 9 atom stereocenters. The minimum absolute atomic E-state index is 0.157. The number of hydrogen-bond donors (Lipinski definition) is 5. The molecular formula is C50H52N5O17PS. The normalized spacial score (nSPS) is 23.9. The number of fused-ring (bicyclic) bond motifs is 1. The quantitative estimate of drug-likeness (QED) is 0.0593. The molecule has 24 heteroatoms. The minimum atomic E-state index is -4.82. The van der Waals surface area contributed by atoms with Crippen molar-refractivity contribution in [3.63, 3.8) is 0 Å². The highest BCUT2D eigenvalue weighted by Crippen LogP contribution is 2.61. The smallest absolute Gasteiger partial charge is 0.407 e. The van der Waals surface area contributed by atoms with Crippen LogP contribution < -0.4 is 37.3 Å². The van der Waals surface area contributed by atoms with Crippen molar-refractivity contribution < 1.29 is 61.8 Å². The van der Waals surface area contributed by atoms with Gasteiger partial charge in [-0.05, 0) is 78.3 Å². The molecule has 3 fully saturated rings. The van der Waals surface area contributed by atoms with Crippen LogP contribution in [-0.2, 0) is 49.7 Å². The molecule has 1 unspecified atom stereocenters. The van der Waals surface area contributed by atoms with Crippen LogP contribution in [0.4, 0.5) is 4.79 Å². The van der Waals surface area contributed by atoms with E-state index in [1.165, 1.54) is 14.2 Å². The van der Waals surface area contributed by atoms with E-state index in [0.29, 0.717) is 44.5 Å². The number of aromatic nitrogens is 4. The molecule has 6 aromatic rings. The van der Waals surface area contributed by atoms with Gasteiger partial charge in [0.05, 0.1) is 39.5 Å². The van der Waals surface area contributed by atoms with Crippen LogP contribution in [0.15, 0.2) is 152 Å². The van der Waals surface area contributed by atoms with Gasteiger partial charge in [-0.3, -0.25) is 33.2 Å². The highest BCUT2D eigenvalue weighted by molar-refractivity contribution is 8.54. The number of nitrogens with zero attached hydrogens (tertiary/aromatic N) is 2. The minimum Gasteiger partial charge on any atom is -0.497 e. The number of benzene rings is 4. The Hall–Kier alpha value is -6.63. The van der Waals surface area contributed by atoms with E-state index in [4.69, 9.17) is 42.4 Å². The SMILES string of the molecule is COc1ccc(C(OC[C@H]2O[C@@H](n3ccc(=O)[nH]c3=O)[C@H](OC(=O)NCc3cn([C@@H]4O[C@H](CO)[C@H]5OC(C)(C)O[C@H]54)c(=O)[nH]c3=O)[C@@H]2OP(=O)(O)Sc2ccccc2)(c2ccccc2)c2ccc(OC)cc2)cc1. The van der Waals surface area contributed by atoms with Crippen LogP contribution in [0.1, 0.15) is 48.6 Å². The molecule has 3 aliphatic rings. The summed E-state index contributed by atoms with van der Waals surface area (Å²) >= 11 is 0.498. The number of H-pyrrole nitrogens is 2. The number of aliphatic hydroxyl groups is 1. The monoisotopic (exact) mass is 1060 g/mol. The molecule has 0 aliphatic carbocycles. The van der Waals surface area contributed by atoms with Gasteiger partial charge in [0, 0.05) is 23.4 Å². The van der Waals surface area contributed by atoms with Gasteiger partial charge in [0.25, 0.3) is 11.1 Å². The first-order valence-electron chi connectivity index (χ1n) is 23.1. The fourth-order valence-electron chi connectivity index (χ4n) is 9.22. The van der Waals surface area contributed by atoms with Gasteiger partial charge >= 0.3 is 24.3 Å². The van der Waals surface area contributed by atoms with Gasteiger partial charge in [-0.25, -0.2) is 18.9 Å². The van der Waals surface area contributed by atoms with Crippen LogP contribution in [-0.4, -0.2) is 105 Å². The average Bonchev–Trinajstić information content (AvgIpc) is 4.01. The Morgan fingerprint density at radius 1 is 0.757 bits per heavy atom. The van der Waals surface area contributed by atoms with Gasteiger partial charge in [-0.15, -0.1) is 0 Å². The van der Waals surface area contributed by atoms with Crippen LogP contribution >= 0.6 is 18.2 Å². The topological polar surface area (TPSA) is 279 Å². The predicted octanol–water partition coefficient (Wildman–Crippen LogP) is 4.29. The molecule has 9 rings (SSSR count). The van der Waals surface area contributed by atoms with Crippen molar-refractivity contribution >= 4 is 24.3 Å². The van der Waals surface area contributed by atoms with Crippen molar-refractivity contribution in [3.05, 3.63) is 192 Å². The lowest BCUT2D eigenvalue weighted by Gasteiger charge is -2.37. The number of hydrogen-bond acceptors (Lipinski definition) is 17. The first-order chi connectivity index (χ1) is 35.5. The van der Waals surface area contributed by atoms with Crippen molar-refractivity contribution in [2.75, 3.05) is 27.4 Å². The zero-order chi connectivity index (χ0) is 52.4. The zero-order valence-corrected chi connectivity index (χ0v) is 41.8. The molecule has 0 spiro atoms. The van der Waals surface area contributed by atoms with Crippen LogP contribution in [0.25, 0.3) is 0 Å². The summed E-state index contributed by atoms with van der Waals surface area (Å²) < 4.78 is 71.0. The van der Waals surface area contributed by atoms with Crippen LogP contribution in [0.2, 0.25) is 0 Å². The van der Waals surface area contributed by atoms with Crippen molar-refractivity contribution in [3.8, 4) is 11.5 Å². The van der Waals surface area contributed by atoms with Crippen LogP contribution in [0, 0.1) is 0 Å². The van der Waals surface area contributed by atoms with E-state index in [2.05, 4.69) is 15.3 Å². The van der Waals surface area contributed by atoms with Gasteiger partial charge in [0.2, 0.25) is 0 Å². The molecule has 3 aliphatic heterocycles. The second-order valence-electron chi connectivity index (χ2n) is 17.7. The van der Waals surface area contributed by atoms with E-state index in [1.54, 1.807) is 68.4 Å². The molecular weight excluding hydrogens is 1010 g/mol. The number of methoxy groups -OCH3 is 2. The molecule has 0 saturated carbocycles. The lowest BCUT2D eigenvalue weighted by atomic mass is 9.80. The molecule has 3 saturated heterocycles. The maximum atomic E-state index is 14.3. The Bertz CT molecular complexity index is 3180. The molecule has 5 heterocycles. The Labute approximate surface area is 425 Å². The predicted molar refractivity (Wildman–Crippen MR) is 264 cm³/mol. The number of carbonyl (C=O) groups excluding carboxylic acids is 1. The van der Waals surface area contributed by atoms with Crippen molar-refractivity contribution in [1.82, 2.24) is 24.4 Å². The average molecular weight is 1060 g/mol. The summed E-state index contributed by atoms with van der Waals surface area (Å²) in [6, 6.07) is 32.7. The van der Waals surface area contributed by atoms with Crippen molar-refractivity contribution in [1.29, 1.82) is 0 Å². The highest BCUT2D eigenvalue weighted by atomic mass is 32.7.